The van der Waals surface area contributed by atoms with Crippen LogP contribution < -0.4 is 10.1 Å². The molecular formula is C33H51NO4. The summed E-state index contributed by atoms with van der Waals surface area (Å²) in [5.41, 5.74) is 0.728. The van der Waals surface area contributed by atoms with Gasteiger partial charge in [0.25, 0.3) is 0 Å². The summed E-state index contributed by atoms with van der Waals surface area (Å²) in [7, 11) is 0. The van der Waals surface area contributed by atoms with Crippen molar-refractivity contribution < 1.29 is 19.4 Å². The van der Waals surface area contributed by atoms with Gasteiger partial charge in [-0.3, -0.25) is 4.79 Å². The maximum atomic E-state index is 12.2. The van der Waals surface area contributed by atoms with E-state index in [-0.39, 0.29) is 11.7 Å². The van der Waals surface area contributed by atoms with Crippen LogP contribution >= 0.6 is 0 Å². The Labute approximate surface area is 231 Å². The number of hydrogen-bond acceptors (Lipinski definition) is 4. The fraction of sp³-hybridized carbons (Fsp3) is 0.606. The zero-order valence-electron chi connectivity index (χ0n) is 23.7. The number of carbonyl (C=O) groups excluding carboxylic acids is 1. The van der Waals surface area contributed by atoms with Crippen molar-refractivity contribution in [3.63, 3.8) is 0 Å². The molecule has 0 spiro atoms. The number of carbonyl (C=O) groups is 1. The molecule has 0 aliphatic heterocycles. The van der Waals surface area contributed by atoms with Crippen LogP contribution in [0.2, 0.25) is 0 Å². The fourth-order valence-electron chi connectivity index (χ4n) is 4.50. The van der Waals surface area contributed by atoms with Crippen molar-refractivity contribution in [2.45, 2.75) is 116 Å². The monoisotopic (exact) mass is 525 g/mol. The smallest absolute Gasteiger partial charge is 0.226 e. The highest BCUT2D eigenvalue weighted by atomic mass is 16.5. The SMILES string of the molecule is CCCCCCCCCCCCCCCCCCOCCC(=O)Nc1ccc(Oc2ccc(O)cc2)cc1. The molecule has 0 saturated heterocycles. The van der Waals surface area contributed by atoms with E-state index in [0.717, 1.165) is 18.7 Å². The van der Waals surface area contributed by atoms with Gasteiger partial charge in [0.1, 0.15) is 17.2 Å². The van der Waals surface area contributed by atoms with Crippen molar-refractivity contribution in [3.8, 4) is 17.2 Å². The van der Waals surface area contributed by atoms with Gasteiger partial charge in [0, 0.05) is 12.3 Å². The largest absolute Gasteiger partial charge is 0.508 e. The molecule has 0 radical (unpaired) electrons. The molecule has 0 aliphatic carbocycles. The molecule has 2 aromatic rings. The Bertz CT molecular complexity index is 835. The van der Waals surface area contributed by atoms with Crippen LogP contribution in [0.15, 0.2) is 48.5 Å². The summed E-state index contributed by atoms with van der Waals surface area (Å²) in [5.74, 6) is 1.45. The maximum absolute atomic E-state index is 12.2. The molecule has 0 atom stereocenters. The van der Waals surface area contributed by atoms with E-state index in [0.29, 0.717) is 24.5 Å². The number of ether oxygens (including phenoxy) is 2. The van der Waals surface area contributed by atoms with Crippen LogP contribution in [0.1, 0.15) is 116 Å². The van der Waals surface area contributed by atoms with Gasteiger partial charge in [-0.15, -0.1) is 0 Å². The first-order valence-corrected chi connectivity index (χ1v) is 15.1. The van der Waals surface area contributed by atoms with Crippen molar-refractivity contribution in [2.24, 2.45) is 0 Å². The van der Waals surface area contributed by atoms with Crippen molar-refractivity contribution in [1.29, 1.82) is 0 Å². The van der Waals surface area contributed by atoms with Gasteiger partial charge in [-0.25, -0.2) is 0 Å². The Morgan fingerprint density at radius 2 is 1.08 bits per heavy atom. The van der Waals surface area contributed by atoms with Gasteiger partial charge >= 0.3 is 0 Å². The molecule has 0 fully saturated rings. The average Bonchev–Trinajstić information content (AvgIpc) is 2.92. The lowest BCUT2D eigenvalue weighted by atomic mass is 10.0. The topological polar surface area (TPSA) is 67.8 Å². The number of aromatic hydroxyl groups is 1. The third-order valence-corrected chi connectivity index (χ3v) is 6.83. The minimum Gasteiger partial charge on any atom is -0.508 e. The van der Waals surface area contributed by atoms with Crippen molar-refractivity contribution in [1.82, 2.24) is 0 Å². The molecule has 0 heterocycles. The maximum Gasteiger partial charge on any atom is 0.226 e. The number of benzene rings is 2. The summed E-state index contributed by atoms with van der Waals surface area (Å²) >= 11 is 0. The predicted molar refractivity (Wildman–Crippen MR) is 158 cm³/mol. The second-order valence-electron chi connectivity index (χ2n) is 10.3. The highest BCUT2D eigenvalue weighted by molar-refractivity contribution is 5.90. The zero-order valence-corrected chi connectivity index (χ0v) is 23.7. The van der Waals surface area contributed by atoms with Crippen LogP contribution in [-0.4, -0.2) is 24.2 Å². The molecule has 0 aliphatic rings. The molecule has 2 N–H and O–H groups in total. The molecular weight excluding hydrogens is 474 g/mol. The summed E-state index contributed by atoms with van der Waals surface area (Å²) in [6.07, 6.45) is 22.2. The van der Waals surface area contributed by atoms with E-state index < -0.39 is 0 Å². The standard InChI is InChI=1S/C33H51NO4/c1-2-3-4-5-6-7-8-9-10-11-12-13-14-15-16-17-27-37-28-26-33(36)34-29-18-22-31(23-19-29)38-32-24-20-30(35)21-25-32/h18-25,35H,2-17,26-28H2,1H3,(H,34,36). The lowest BCUT2D eigenvalue weighted by Crippen LogP contribution is -2.14. The third kappa shape index (κ3) is 16.3. The van der Waals surface area contributed by atoms with E-state index in [1.165, 1.54) is 96.3 Å². The van der Waals surface area contributed by atoms with Crippen LogP contribution in [0, 0.1) is 0 Å². The van der Waals surface area contributed by atoms with Gasteiger partial charge in [-0.1, -0.05) is 103 Å². The molecule has 38 heavy (non-hydrogen) atoms. The summed E-state index contributed by atoms with van der Waals surface area (Å²) in [4.78, 5) is 12.2. The number of unbranched alkanes of at least 4 members (excludes halogenated alkanes) is 15. The highest BCUT2D eigenvalue weighted by Crippen LogP contribution is 2.24. The van der Waals surface area contributed by atoms with Gasteiger partial charge in [-0.05, 0) is 55.0 Å². The summed E-state index contributed by atoms with van der Waals surface area (Å²) in [6.45, 7) is 3.46. The zero-order chi connectivity index (χ0) is 27.1. The number of nitrogens with one attached hydrogen (secondary N) is 1. The molecule has 0 unspecified atom stereocenters. The van der Waals surface area contributed by atoms with Crippen molar-refractivity contribution >= 4 is 11.6 Å². The Morgan fingerprint density at radius 3 is 1.58 bits per heavy atom. The number of phenols is 1. The Kier molecular flexibility index (Phi) is 17.9. The molecule has 2 rings (SSSR count). The van der Waals surface area contributed by atoms with E-state index >= 15 is 0 Å². The van der Waals surface area contributed by atoms with Crippen LogP contribution in [-0.2, 0) is 9.53 Å². The molecule has 5 nitrogen and oxygen atoms in total. The molecule has 0 bridgehead atoms. The normalized spacial score (nSPS) is 11.0. The lowest BCUT2D eigenvalue weighted by Gasteiger charge is -2.09. The Hall–Kier alpha value is -2.53. The van der Waals surface area contributed by atoms with Crippen LogP contribution in [0.25, 0.3) is 0 Å². The first-order valence-electron chi connectivity index (χ1n) is 15.1. The third-order valence-electron chi connectivity index (χ3n) is 6.83. The Morgan fingerprint density at radius 1 is 0.632 bits per heavy atom. The average molecular weight is 526 g/mol. The van der Waals surface area contributed by atoms with Crippen LogP contribution in [0.4, 0.5) is 5.69 Å². The predicted octanol–water partition coefficient (Wildman–Crippen LogP) is 9.79. The lowest BCUT2D eigenvalue weighted by molar-refractivity contribution is -0.117. The van der Waals surface area contributed by atoms with E-state index in [1.54, 1.807) is 36.4 Å². The molecule has 1 amide bonds. The van der Waals surface area contributed by atoms with E-state index in [1.807, 2.05) is 12.1 Å². The fourth-order valence-corrected chi connectivity index (χ4v) is 4.50. The molecule has 5 heteroatoms. The van der Waals surface area contributed by atoms with Crippen molar-refractivity contribution in [3.05, 3.63) is 48.5 Å². The van der Waals surface area contributed by atoms with E-state index in [4.69, 9.17) is 9.47 Å². The molecule has 0 aromatic heterocycles. The molecule has 212 valence electrons. The molecule has 0 saturated carbocycles. The van der Waals surface area contributed by atoms with Gasteiger partial charge in [0.15, 0.2) is 0 Å². The number of anilines is 1. The second-order valence-corrected chi connectivity index (χ2v) is 10.3. The summed E-state index contributed by atoms with van der Waals surface area (Å²) in [6, 6.07) is 13.8. The minimum absolute atomic E-state index is 0.0517. The first-order chi connectivity index (χ1) is 18.7. The van der Waals surface area contributed by atoms with Gasteiger partial charge in [0.2, 0.25) is 5.91 Å². The Balaban J connectivity index is 1.35. The van der Waals surface area contributed by atoms with Crippen LogP contribution in [0.5, 0.6) is 17.2 Å². The molecule has 2 aromatic carbocycles. The van der Waals surface area contributed by atoms with Gasteiger partial charge < -0.3 is 19.9 Å². The number of hydrogen-bond donors (Lipinski definition) is 2. The number of amides is 1. The van der Waals surface area contributed by atoms with E-state index in [2.05, 4.69) is 12.2 Å². The van der Waals surface area contributed by atoms with Crippen molar-refractivity contribution in [2.75, 3.05) is 18.5 Å². The van der Waals surface area contributed by atoms with Gasteiger partial charge in [-0.2, -0.15) is 0 Å². The highest BCUT2D eigenvalue weighted by Gasteiger charge is 2.04. The van der Waals surface area contributed by atoms with E-state index in [9.17, 15) is 9.90 Å². The quantitative estimate of drug-likeness (QED) is 0.142. The second kappa shape index (κ2) is 21.4. The van der Waals surface area contributed by atoms with Crippen LogP contribution in [0.3, 0.4) is 0 Å². The summed E-state index contributed by atoms with van der Waals surface area (Å²) in [5, 5.41) is 12.2. The number of phenolic OH excluding ortho intramolecular Hbond substituents is 1. The minimum atomic E-state index is -0.0517. The van der Waals surface area contributed by atoms with Gasteiger partial charge in [0.05, 0.1) is 13.0 Å². The first kappa shape index (κ1) is 31.7. The summed E-state index contributed by atoms with van der Waals surface area (Å²) < 4.78 is 11.4. The number of rotatable bonds is 23.